The third-order valence-corrected chi connectivity index (χ3v) is 4.14. The molecule has 0 aliphatic rings. The largest absolute Gasteiger partial charge is 0.427 e. The van der Waals surface area contributed by atoms with Crippen LogP contribution in [0.1, 0.15) is 24.1 Å². The molecule has 0 unspecified atom stereocenters. The van der Waals surface area contributed by atoms with Crippen molar-refractivity contribution in [3.05, 3.63) is 46.6 Å². The fraction of sp³-hybridized carbons (Fsp3) is 0.333. The molecule has 2 heterocycles. The standard InChI is InChI=1S/C18H22ClN7O2/c1-3-14-23-16(20-7-8-27)25-17(24-14)26-18-22-10-12(28-18)9-21-15-11(2)5-4-6-13(15)19/h4-6,10,21,27H,3,7-9H2,1-2H3,(H2,20,22,23,24,25,26). The van der Waals surface area contributed by atoms with Crippen LogP contribution in [0.3, 0.4) is 0 Å². The van der Waals surface area contributed by atoms with Gasteiger partial charge in [0.05, 0.1) is 30.1 Å². The van der Waals surface area contributed by atoms with Gasteiger partial charge in [0.25, 0.3) is 0 Å². The van der Waals surface area contributed by atoms with Crippen molar-refractivity contribution >= 4 is 35.2 Å². The van der Waals surface area contributed by atoms with Crippen LogP contribution < -0.4 is 16.0 Å². The van der Waals surface area contributed by atoms with Gasteiger partial charge >= 0.3 is 6.01 Å². The van der Waals surface area contributed by atoms with Gasteiger partial charge in [0.1, 0.15) is 11.6 Å². The number of nitrogens with zero attached hydrogens (tertiary/aromatic N) is 4. The first-order valence-corrected chi connectivity index (χ1v) is 9.27. The van der Waals surface area contributed by atoms with Gasteiger partial charge in [-0.1, -0.05) is 30.7 Å². The van der Waals surface area contributed by atoms with Crippen molar-refractivity contribution < 1.29 is 9.52 Å². The molecule has 28 heavy (non-hydrogen) atoms. The highest BCUT2D eigenvalue weighted by Gasteiger charge is 2.10. The zero-order chi connectivity index (χ0) is 19.9. The second-order valence-electron chi connectivity index (χ2n) is 5.94. The van der Waals surface area contributed by atoms with Crippen molar-refractivity contribution in [1.82, 2.24) is 19.9 Å². The Balaban J connectivity index is 1.67. The van der Waals surface area contributed by atoms with E-state index in [-0.39, 0.29) is 12.6 Å². The SMILES string of the molecule is CCc1nc(NCCO)nc(Nc2ncc(CNc3c(C)cccc3Cl)o2)n1. The van der Waals surface area contributed by atoms with E-state index >= 15 is 0 Å². The summed E-state index contributed by atoms with van der Waals surface area (Å²) >= 11 is 6.22. The molecule has 0 saturated carbocycles. The number of nitrogens with one attached hydrogen (secondary N) is 3. The molecule has 0 aliphatic carbocycles. The first kappa shape index (κ1) is 19.8. The minimum absolute atomic E-state index is 0.0170. The monoisotopic (exact) mass is 403 g/mol. The molecule has 9 nitrogen and oxygen atoms in total. The quantitative estimate of drug-likeness (QED) is 0.426. The minimum Gasteiger partial charge on any atom is -0.427 e. The molecule has 3 aromatic rings. The number of oxazole rings is 1. The van der Waals surface area contributed by atoms with Crippen molar-refractivity contribution in [3.63, 3.8) is 0 Å². The van der Waals surface area contributed by atoms with Gasteiger partial charge in [0.15, 0.2) is 0 Å². The molecule has 0 aliphatic heterocycles. The number of para-hydroxylation sites is 1. The van der Waals surface area contributed by atoms with Crippen LogP contribution in [0, 0.1) is 6.92 Å². The van der Waals surface area contributed by atoms with Crippen molar-refractivity contribution in [2.45, 2.75) is 26.8 Å². The topological polar surface area (TPSA) is 121 Å². The van der Waals surface area contributed by atoms with Gasteiger partial charge in [0.2, 0.25) is 11.9 Å². The maximum absolute atomic E-state index is 8.94. The van der Waals surface area contributed by atoms with Crippen LogP contribution in [0.15, 0.2) is 28.8 Å². The molecule has 1 aromatic carbocycles. The maximum atomic E-state index is 8.94. The third-order valence-electron chi connectivity index (χ3n) is 3.83. The first-order valence-electron chi connectivity index (χ1n) is 8.89. The molecule has 0 fully saturated rings. The van der Waals surface area contributed by atoms with Crippen molar-refractivity contribution in [3.8, 4) is 0 Å². The number of rotatable bonds is 9. The molecular formula is C18H22ClN7O2. The smallest absolute Gasteiger partial charge is 0.301 e. The number of benzene rings is 1. The van der Waals surface area contributed by atoms with E-state index in [1.807, 2.05) is 32.0 Å². The summed E-state index contributed by atoms with van der Waals surface area (Å²) in [5.74, 6) is 1.94. The highest BCUT2D eigenvalue weighted by Crippen LogP contribution is 2.26. The molecule has 0 bridgehead atoms. The van der Waals surface area contributed by atoms with Crippen LogP contribution in [-0.4, -0.2) is 38.2 Å². The van der Waals surface area contributed by atoms with E-state index < -0.39 is 0 Å². The molecule has 0 radical (unpaired) electrons. The van der Waals surface area contributed by atoms with Crippen LogP contribution in [-0.2, 0) is 13.0 Å². The Hall–Kier alpha value is -2.91. The summed E-state index contributed by atoms with van der Waals surface area (Å²) in [4.78, 5) is 17.0. The Labute approximate surface area is 167 Å². The zero-order valence-corrected chi connectivity index (χ0v) is 16.4. The van der Waals surface area contributed by atoms with Crippen LogP contribution in [0.4, 0.5) is 23.6 Å². The van der Waals surface area contributed by atoms with Crippen LogP contribution in [0.5, 0.6) is 0 Å². The summed E-state index contributed by atoms with van der Waals surface area (Å²) in [6.07, 6.45) is 2.26. The van der Waals surface area contributed by atoms with E-state index in [1.165, 1.54) is 0 Å². The van der Waals surface area contributed by atoms with Gasteiger partial charge in [-0.2, -0.15) is 15.0 Å². The molecule has 10 heteroatoms. The van der Waals surface area contributed by atoms with Gasteiger partial charge in [0, 0.05) is 13.0 Å². The number of aliphatic hydroxyl groups excluding tert-OH is 1. The second kappa shape index (κ2) is 9.34. The molecular weight excluding hydrogens is 382 g/mol. The first-order chi connectivity index (χ1) is 13.6. The van der Waals surface area contributed by atoms with E-state index in [0.717, 1.165) is 11.3 Å². The molecule has 0 spiro atoms. The molecule has 0 atom stereocenters. The number of aryl methyl sites for hydroxylation is 2. The number of anilines is 4. The van der Waals surface area contributed by atoms with E-state index in [0.29, 0.717) is 48.0 Å². The minimum atomic E-state index is -0.0170. The average Bonchev–Trinajstić information content (AvgIpc) is 3.13. The van der Waals surface area contributed by atoms with Crippen molar-refractivity contribution in [2.75, 3.05) is 29.1 Å². The van der Waals surface area contributed by atoms with E-state index in [9.17, 15) is 0 Å². The predicted octanol–water partition coefficient (Wildman–Crippen LogP) is 3.14. The molecule has 2 aromatic heterocycles. The number of hydrogen-bond donors (Lipinski definition) is 4. The Morgan fingerprint density at radius 3 is 2.71 bits per heavy atom. The summed E-state index contributed by atoms with van der Waals surface area (Å²) in [6.45, 7) is 4.69. The molecule has 148 valence electrons. The van der Waals surface area contributed by atoms with E-state index in [2.05, 4.69) is 35.9 Å². The fourth-order valence-electron chi connectivity index (χ4n) is 2.45. The Morgan fingerprint density at radius 2 is 1.96 bits per heavy atom. The highest BCUT2D eigenvalue weighted by molar-refractivity contribution is 6.33. The second-order valence-corrected chi connectivity index (χ2v) is 6.35. The summed E-state index contributed by atoms with van der Waals surface area (Å²) in [7, 11) is 0. The summed E-state index contributed by atoms with van der Waals surface area (Å²) in [5, 5.41) is 18.7. The normalized spacial score (nSPS) is 10.7. The van der Waals surface area contributed by atoms with Gasteiger partial charge < -0.3 is 20.2 Å². The Kier molecular flexibility index (Phi) is 6.62. The maximum Gasteiger partial charge on any atom is 0.301 e. The fourth-order valence-corrected chi connectivity index (χ4v) is 2.74. The third kappa shape index (κ3) is 5.08. The number of aliphatic hydroxyl groups is 1. The van der Waals surface area contributed by atoms with Crippen LogP contribution in [0.25, 0.3) is 0 Å². The van der Waals surface area contributed by atoms with E-state index in [1.54, 1.807) is 6.20 Å². The van der Waals surface area contributed by atoms with Crippen molar-refractivity contribution in [1.29, 1.82) is 0 Å². The molecule has 0 amide bonds. The van der Waals surface area contributed by atoms with Crippen LogP contribution >= 0.6 is 11.6 Å². The summed E-state index contributed by atoms with van der Waals surface area (Å²) in [5.41, 5.74) is 1.91. The molecule has 0 saturated heterocycles. The average molecular weight is 404 g/mol. The number of aromatic nitrogens is 4. The van der Waals surface area contributed by atoms with Crippen LogP contribution in [0.2, 0.25) is 5.02 Å². The summed E-state index contributed by atoms with van der Waals surface area (Å²) < 4.78 is 5.69. The van der Waals surface area contributed by atoms with E-state index in [4.69, 9.17) is 21.1 Å². The lowest BCUT2D eigenvalue weighted by Crippen LogP contribution is -2.12. The predicted molar refractivity (Wildman–Crippen MR) is 108 cm³/mol. The highest BCUT2D eigenvalue weighted by atomic mass is 35.5. The summed E-state index contributed by atoms with van der Waals surface area (Å²) in [6, 6.07) is 5.99. The molecule has 3 rings (SSSR count). The lowest BCUT2D eigenvalue weighted by Gasteiger charge is -2.09. The zero-order valence-electron chi connectivity index (χ0n) is 15.7. The number of hydrogen-bond acceptors (Lipinski definition) is 9. The van der Waals surface area contributed by atoms with Gasteiger partial charge in [-0.25, -0.2) is 4.98 Å². The lowest BCUT2D eigenvalue weighted by atomic mass is 10.2. The Morgan fingerprint density at radius 1 is 1.14 bits per heavy atom. The Bertz CT molecular complexity index is 912. The number of halogens is 1. The van der Waals surface area contributed by atoms with Gasteiger partial charge in [-0.3, -0.25) is 5.32 Å². The lowest BCUT2D eigenvalue weighted by molar-refractivity contribution is 0.310. The van der Waals surface area contributed by atoms with Gasteiger partial charge in [-0.15, -0.1) is 0 Å². The van der Waals surface area contributed by atoms with Crippen molar-refractivity contribution in [2.24, 2.45) is 0 Å². The van der Waals surface area contributed by atoms with Gasteiger partial charge in [-0.05, 0) is 18.6 Å². The molecule has 4 N–H and O–H groups in total.